The second-order valence-electron chi connectivity index (χ2n) is 8.36. The number of H-pyrrole nitrogens is 1. The number of nitrogens with one attached hydrogen (secondary N) is 2. The van der Waals surface area contributed by atoms with Gasteiger partial charge in [-0.25, -0.2) is 4.98 Å². The van der Waals surface area contributed by atoms with Crippen molar-refractivity contribution in [2.75, 3.05) is 33.6 Å². The average Bonchev–Trinajstić information content (AvgIpc) is 3.21. The van der Waals surface area contributed by atoms with Crippen LogP contribution in [0, 0.1) is 0 Å². The number of rotatable bonds is 6. The number of carbonyl (C=O) groups is 1. The number of methoxy groups -OCH3 is 2. The van der Waals surface area contributed by atoms with E-state index < -0.39 is 0 Å². The van der Waals surface area contributed by atoms with Gasteiger partial charge in [-0.2, -0.15) is 0 Å². The molecule has 164 valence electrons. The lowest BCUT2D eigenvalue weighted by atomic mass is 9.85. The van der Waals surface area contributed by atoms with E-state index in [2.05, 4.69) is 10.3 Å². The number of anilines is 1. The molecule has 1 heterocycles. The van der Waals surface area contributed by atoms with Crippen LogP contribution in [0.5, 0.6) is 11.5 Å². The van der Waals surface area contributed by atoms with Gasteiger partial charge in [-0.15, -0.1) is 0 Å². The molecule has 0 aliphatic heterocycles. The number of fused-ring (bicyclic) bond motifs is 1. The highest BCUT2D eigenvalue weighted by molar-refractivity contribution is 5.97. The molecule has 0 radical (unpaired) electrons. The Morgan fingerprint density at radius 1 is 1.10 bits per heavy atom. The van der Waals surface area contributed by atoms with Gasteiger partial charge < -0.3 is 24.7 Å². The molecule has 4 rings (SSSR count). The summed E-state index contributed by atoms with van der Waals surface area (Å²) in [5, 5.41) is 3.65. The van der Waals surface area contributed by atoms with Crippen LogP contribution >= 0.6 is 0 Å². The Morgan fingerprint density at radius 3 is 2.52 bits per heavy atom. The van der Waals surface area contributed by atoms with Crippen LogP contribution in [0.1, 0.15) is 47.8 Å². The molecule has 0 spiro atoms. The Balaban J connectivity index is 1.51. The lowest BCUT2D eigenvalue weighted by molar-refractivity contribution is 0.0827. The highest BCUT2D eigenvalue weighted by Crippen LogP contribution is 2.35. The fraction of sp³-hybridized carbons (Fsp3) is 0.417. The predicted octanol–water partition coefficient (Wildman–Crippen LogP) is 4.42. The van der Waals surface area contributed by atoms with E-state index in [-0.39, 0.29) is 5.91 Å². The molecule has 3 aromatic rings. The molecule has 0 saturated heterocycles. The molecule has 1 aliphatic rings. The number of nitrogens with zero attached hydrogens (tertiary/aromatic N) is 2. The number of aromatic amines is 1. The third-order valence-corrected chi connectivity index (χ3v) is 5.94. The number of amides is 1. The van der Waals surface area contributed by atoms with Crippen LogP contribution in [0.4, 0.5) is 5.69 Å². The highest BCUT2D eigenvalue weighted by Gasteiger charge is 2.26. The Hall–Kier alpha value is -3.22. The zero-order chi connectivity index (χ0) is 22.0. The maximum atomic E-state index is 12.3. The van der Waals surface area contributed by atoms with E-state index in [9.17, 15) is 4.79 Å². The summed E-state index contributed by atoms with van der Waals surface area (Å²) < 4.78 is 10.8. The Labute approximate surface area is 182 Å². The maximum Gasteiger partial charge on any atom is 0.253 e. The Bertz CT molecular complexity index is 1050. The molecular formula is C24H30N4O3. The zero-order valence-corrected chi connectivity index (χ0v) is 18.6. The summed E-state index contributed by atoms with van der Waals surface area (Å²) in [6, 6.07) is 11.9. The summed E-state index contributed by atoms with van der Waals surface area (Å²) in [6.45, 7) is 0. The molecule has 1 amide bonds. The topological polar surface area (TPSA) is 79.5 Å². The maximum absolute atomic E-state index is 12.3. The smallest absolute Gasteiger partial charge is 0.253 e. The van der Waals surface area contributed by atoms with Crippen LogP contribution < -0.4 is 14.8 Å². The summed E-state index contributed by atoms with van der Waals surface area (Å²) in [6.07, 6.45) is 4.33. The fourth-order valence-electron chi connectivity index (χ4n) is 4.31. The van der Waals surface area contributed by atoms with Crippen molar-refractivity contribution in [3.05, 3.63) is 47.8 Å². The van der Waals surface area contributed by atoms with Crippen molar-refractivity contribution in [2.45, 2.75) is 37.6 Å². The van der Waals surface area contributed by atoms with Crippen molar-refractivity contribution in [1.82, 2.24) is 14.9 Å². The molecule has 2 atom stereocenters. The third-order valence-electron chi connectivity index (χ3n) is 5.94. The van der Waals surface area contributed by atoms with Crippen molar-refractivity contribution < 1.29 is 14.3 Å². The molecular weight excluding hydrogens is 392 g/mol. The first-order valence-electron chi connectivity index (χ1n) is 10.7. The molecule has 1 aromatic heterocycles. The normalized spacial score (nSPS) is 18.6. The zero-order valence-electron chi connectivity index (χ0n) is 18.6. The molecule has 2 unspecified atom stereocenters. The number of hydrogen-bond donors (Lipinski definition) is 2. The fourth-order valence-corrected chi connectivity index (χ4v) is 4.31. The average molecular weight is 423 g/mol. The highest BCUT2D eigenvalue weighted by atomic mass is 16.5. The van der Waals surface area contributed by atoms with Gasteiger partial charge in [-0.05, 0) is 37.5 Å². The van der Waals surface area contributed by atoms with Gasteiger partial charge in [0.2, 0.25) is 0 Å². The first-order valence-corrected chi connectivity index (χ1v) is 10.7. The van der Waals surface area contributed by atoms with Crippen LogP contribution in [0.15, 0.2) is 36.4 Å². The number of benzene rings is 2. The minimum Gasteiger partial charge on any atom is -0.497 e. The molecule has 7 nitrogen and oxygen atoms in total. The summed E-state index contributed by atoms with van der Waals surface area (Å²) in [7, 11) is 6.85. The lowest BCUT2D eigenvalue weighted by Gasteiger charge is -2.29. The quantitative estimate of drug-likeness (QED) is 0.615. The van der Waals surface area contributed by atoms with E-state index in [0.717, 1.165) is 59.7 Å². The first-order chi connectivity index (χ1) is 15.0. The van der Waals surface area contributed by atoms with Crippen molar-refractivity contribution in [3.63, 3.8) is 0 Å². The lowest BCUT2D eigenvalue weighted by Crippen LogP contribution is -2.26. The minimum absolute atomic E-state index is 0.00584. The van der Waals surface area contributed by atoms with Gasteiger partial charge in [0.15, 0.2) is 0 Å². The summed E-state index contributed by atoms with van der Waals surface area (Å²) in [4.78, 5) is 22.2. The van der Waals surface area contributed by atoms with E-state index in [0.29, 0.717) is 17.5 Å². The molecule has 7 heteroatoms. The first kappa shape index (κ1) is 21.0. The predicted molar refractivity (Wildman–Crippen MR) is 122 cm³/mol. The molecule has 2 N–H and O–H groups in total. The van der Waals surface area contributed by atoms with Gasteiger partial charge in [0.05, 0.1) is 25.3 Å². The van der Waals surface area contributed by atoms with Crippen LogP contribution in [0.25, 0.3) is 11.0 Å². The third kappa shape index (κ3) is 4.60. The van der Waals surface area contributed by atoms with E-state index in [1.54, 1.807) is 33.2 Å². The number of carbonyl (C=O) groups excluding carboxylic acids is 1. The van der Waals surface area contributed by atoms with Crippen molar-refractivity contribution in [3.8, 4) is 11.5 Å². The number of aromatic nitrogens is 2. The molecule has 1 fully saturated rings. The van der Waals surface area contributed by atoms with Crippen LogP contribution in [-0.2, 0) is 0 Å². The number of imidazole rings is 1. The van der Waals surface area contributed by atoms with Crippen LogP contribution in [0.3, 0.4) is 0 Å². The molecule has 1 aliphatic carbocycles. The van der Waals surface area contributed by atoms with Crippen molar-refractivity contribution in [1.29, 1.82) is 0 Å². The molecule has 2 aromatic carbocycles. The summed E-state index contributed by atoms with van der Waals surface area (Å²) >= 11 is 0. The van der Waals surface area contributed by atoms with Crippen LogP contribution in [0.2, 0.25) is 0 Å². The van der Waals surface area contributed by atoms with E-state index in [4.69, 9.17) is 14.5 Å². The van der Waals surface area contributed by atoms with Gasteiger partial charge in [-0.3, -0.25) is 4.79 Å². The van der Waals surface area contributed by atoms with E-state index in [1.165, 1.54) is 0 Å². The Morgan fingerprint density at radius 2 is 1.84 bits per heavy atom. The van der Waals surface area contributed by atoms with Gasteiger partial charge in [0, 0.05) is 55.5 Å². The largest absolute Gasteiger partial charge is 0.497 e. The van der Waals surface area contributed by atoms with E-state index in [1.807, 2.05) is 36.4 Å². The Kier molecular flexibility index (Phi) is 6.02. The number of hydrogen-bond acceptors (Lipinski definition) is 5. The SMILES string of the molecule is COc1cc(NC2CCCC(c3nc4ccc(C(=O)N(C)C)cc4[nH]3)C2)cc(OC)c1. The second-order valence-corrected chi connectivity index (χ2v) is 8.36. The van der Waals surface area contributed by atoms with Crippen LogP contribution in [-0.4, -0.2) is 55.1 Å². The summed E-state index contributed by atoms with van der Waals surface area (Å²) in [5.74, 6) is 2.89. The number of ether oxygens (including phenoxy) is 2. The molecule has 0 bridgehead atoms. The molecule has 1 saturated carbocycles. The monoisotopic (exact) mass is 422 g/mol. The van der Waals surface area contributed by atoms with Crippen molar-refractivity contribution >= 4 is 22.6 Å². The van der Waals surface area contributed by atoms with Crippen molar-refractivity contribution in [2.24, 2.45) is 0 Å². The van der Waals surface area contributed by atoms with Gasteiger partial charge in [0.25, 0.3) is 5.91 Å². The summed E-state index contributed by atoms with van der Waals surface area (Å²) in [5.41, 5.74) is 3.48. The van der Waals surface area contributed by atoms with Gasteiger partial charge >= 0.3 is 0 Å². The molecule has 31 heavy (non-hydrogen) atoms. The van der Waals surface area contributed by atoms with Gasteiger partial charge in [0.1, 0.15) is 17.3 Å². The second kappa shape index (κ2) is 8.88. The standard InChI is InChI=1S/C24H30N4O3/c1-28(2)24(29)16-8-9-21-22(11-16)27-23(26-21)15-6-5-7-17(10-15)25-18-12-19(30-3)14-20(13-18)31-4/h8-9,11-15,17,25H,5-7,10H2,1-4H3,(H,26,27). The van der Waals surface area contributed by atoms with Gasteiger partial charge in [-0.1, -0.05) is 6.42 Å². The minimum atomic E-state index is -0.00584. The van der Waals surface area contributed by atoms with E-state index >= 15 is 0 Å².